The molecule has 0 bridgehead atoms. The SMILES string of the molecule is C=CCN1C(=O)N[C@H](c2ccc(C)cc2)C2=C1CN([C@@H](Cc1ccccc1)C(=O)NCCOC)C2=O. The number of methoxy groups -OCH3 is 1. The molecule has 36 heavy (non-hydrogen) atoms. The number of nitrogens with one attached hydrogen (secondary N) is 2. The Labute approximate surface area is 211 Å². The van der Waals surface area contributed by atoms with Gasteiger partial charge in [0, 0.05) is 26.6 Å². The molecule has 188 valence electrons. The first kappa shape index (κ1) is 25.2. The van der Waals surface area contributed by atoms with Crippen LogP contribution in [-0.2, 0) is 20.7 Å². The molecule has 2 aliphatic rings. The van der Waals surface area contributed by atoms with Crippen molar-refractivity contribution in [1.82, 2.24) is 20.4 Å². The van der Waals surface area contributed by atoms with Crippen LogP contribution in [0.4, 0.5) is 4.79 Å². The van der Waals surface area contributed by atoms with Gasteiger partial charge < -0.3 is 20.3 Å². The number of rotatable bonds is 10. The number of amides is 4. The molecular weight excluding hydrogens is 456 g/mol. The third-order valence-electron chi connectivity index (χ3n) is 6.53. The number of nitrogens with zero attached hydrogens (tertiary/aromatic N) is 2. The van der Waals surface area contributed by atoms with Crippen molar-refractivity contribution in [3.8, 4) is 0 Å². The fourth-order valence-corrected chi connectivity index (χ4v) is 4.67. The minimum Gasteiger partial charge on any atom is -0.383 e. The van der Waals surface area contributed by atoms with Crippen molar-refractivity contribution >= 4 is 17.8 Å². The predicted molar refractivity (Wildman–Crippen MR) is 137 cm³/mol. The predicted octanol–water partition coefficient (Wildman–Crippen LogP) is 2.72. The molecule has 0 saturated heterocycles. The van der Waals surface area contributed by atoms with E-state index in [-0.39, 0.29) is 30.9 Å². The first-order valence-electron chi connectivity index (χ1n) is 12.0. The summed E-state index contributed by atoms with van der Waals surface area (Å²) in [6.45, 7) is 6.88. The minimum atomic E-state index is -0.748. The highest BCUT2D eigenvalue weighted by molar-refractivity contribution is 6.03. The van der Waals surface area contributed by atoms with Crippen molar-refractivity contribution in [3.63, 3.8) is 0 Å². The van der Waals surface area contributed by atoms with Crippen LogP contribution in [-0.4, -0.2) is 67.0 Å². The van der Waals surface area contributed by atoms with E-state index in [0.29, 0.717) is 30.8 Å². The van der Waals surface area contributed by atoms with Crippen molar-refractivity contribution in [1.29, 1.82) is 0 Å². The van der Waals surface area contributed by atoms with Crippen LogP contribution in [0.15, 0.2) is 78.5 Å². The summed E-state index contributed by atoms with van der Waals surface area (Å²) in [5.41, 5.74) is 3.94. The lowest BCUT2D eigenvalue weighted by molar-refractivity contribution is -0.136. The van der Waals surface area contributed by atoms with Crippen LogP contribution >= 0.6 is 0 Å². The van der Waals surface area contributed by atoms with E-state index in [1.54, 1.807) is 18.1 Å². The molecule has 0 aromatic heterocycles. The molecular formula is C28H32N4O4. The summed E-state index contributed by atoms with van der Waals surface area (Å²) in [5, 5.41) is 5.87. The van der Waals surface area contributed by atoms with Gasteiger partial charge in [-0.15, -0.1) is 6.58 Å². The zero-order chi connectivity index (χ0) is 25.7. The number of carbonyl (C=O) groups excluding carboxylic acids is 3. The average molecular weight is 489 g/mol. The van der Waals surface area contributed by atoms with Gasteiger partial charge in [0.1, 0.15) is 6.04 Å². The van der Waals surface area contributed by atoms with Gasteiger partial charge in [-0.2, -0.15) is 0 Å². The molecule has 2 heterocycles. The van der Waals surface area contributed by atoms with E-state index in [4.69, 9.17) is 4.74 Å². The molecule has 2 N–H and O–H groups in total. The number of hydrogen-bond donors (Lipinski definition) is 2. The highest BCUT2D eigenvalue weighted by Gasteiger charge is 2.46. The van der Waals surface area contributed by atoms with Gasteiger partial charge in [-0.05, 0) is 18.1 Å². The topological polar surface area (TPSA) is 91.0 Å². The lowest BCUT2D eigenvalue weighted by atomic mass is 9.94. The van der Waals surface area contributed by atoms with Crippen LogP contribution < -0.4 is 10.6 Å². The first-order chi connectivity index (χ1) is 17.4. The Balaban J connectivity index is 1.70. The zero-order valence-corrected chi connectivity index (χ0v) is 20.7. The summed E-state index contributed by atoms with van der Waals surface area (Å²) >= 11 is 0. The van der Waals surface area contributed by atoms with Crippen molar-refractivity contribution < 1.29 is 19.1 Å². The average Bonchev–Trinajstić information content (AvgIpc) is 3.22. The third-order valence-corrected chi connectivity index (χ3v) is 6.53. The summed E-state index contributed by atoms with van der Waals surface area (Å²) in [4.78, 5) is 43.5. The molecule has 2 aromatic carbocycles. The van der Waals surface area contributed by atoms with E-state index in [1.165, 1.54) is 4.90 Å². The summed E-state index contributed by atoms with van der Waals surface area (Å²) < 4.78 is 5.07. The second-order valence-electron chi connectivity index (χ2n) is 8.98. The molecule has 0 aliphatic carbocycles. The Bertz CT molecular complexity index is 1160. The largest absolute Gasteiger partial charge is 0.383 e. The van der Waals surface area contributed by atoms with Crippen LogP contribution in [0.1, 0.15) is 22.7 Å². The number of ether oxygens (including phenoxy) is 1. The first-order valence-corrected chi connectivity index (χ1v) is 12.0. The van der Waals surface area contributed by atoms with Crippen LogP contribution in [0.3, 0.4) is 0 Å². The van der Waals surface area contributed by atoms with Gasteiger partial charge >= 0.3 is 6.03 Å². The van der Waals surface area contributed by atoms with Gasteiger partial charge in [-0.3, -0.25) is 14.5 Å². The summed E-state index contributed by atoms with van der Waals surface area (Å²) in [6, 6.07) is 15.7. The third kappa shape index (κ3) is 5.18. The van der Waals surface area contributed by atoms with E-state index in [2.05, 4.69) is 17.2 Å². The smallest absolute Gasteiger partial charge is 0.322 e. The maximum Gasteiger partial charge on any atom is 0.322 e. The monoisotopic (exact) mass is 488 g/mol. The van der Waals surface area contributed by atoms with Crippen LogP contribution in [0.25, 0.3) is 0 Å². The Morgan fingerprint density at radius 3 is 2.58 bits per heavy atom. The van der Waals surface area contributed by atoms with E-state index >= 15 is 0 Å². The van der Waals surface area contributed by atoms with Gasteiger partial charge in [0.25, 0.3) is 5.91 Å². The standard InChI is InChI=1S/C28H32N4O4/c1-4-15-31-23-18-32(22(26(33)29-14-16-36-3)17-20-8-6-5-7-9-20)27(34)24(23)25(30-28(31)35)21-12-10-19(2)11-13-21/h4-13,22,25H,1,14-18H2,2-3H3,(H,29,33)(H,30,35)/t22-,25+/m0/s1. The molecule has 4 rings (SSSR count). The Morgan fingerprint density at radius 2 is 1.92 bits per heavy atom. The Kier molecular flexibility index (Phi) is 7.85. The molecule has 2 aliphatic heterocycles. The molecule has 2 atom stereocenters. The number of aryl methyl sites for hydroxylation is 1. The van der Waals surface area contributed by atoms with Crippen molar-refractivity contribution in [2.75, 3.05) is 33.4 Å². The molecule has 0 saturated carbocycles. The van der Waals surface area contributed by atoms with Crippen molar-refractivity contribution in [3.05, 3.63) is 95.2 Å². The highest BCUT2D eigenvalue weighted by atomic mass is 16.5. The fourth-order valence-electron chi connectivity index (χ4n) is 4.67. The molecule has 0 spiro atoms. The molecule has 4 amide bonds. The van der Waals surface area contributed by atoms with Crippen LogP contribution in [0, 0.1) is 6.92 Å². The Morgan fingerprint density at radius 1 is 1.19 bits per heavy atom. The van der Waals surface area contributed by atoms with E-state index in [0.717, 1.165) is 16.7 Å². The van der Waals surface area contributed by atoms with Gasteiger partial charge in [0.2, 0.25) is 5.91 Å². The van der Waals surface area contributed by atoms with E-state index in [1.807, 2.05) is 61.5 Å². The maximum absolute atomic E-state index is 14.0. The maximum atomic E-state index is 14.0. The summed E-state index contributed by atoms with van der Waals surface area (Å²) in [7, 11) is 1.57. The number of benzene rings is 2. The number of carbonyl (C=O) groups is 3. The van der Waals surface area contributed by atoms with Gasteiger partial charge in [-0.25, -0.2) is 4.79 Å². The Hall–Kier alpha value is -3.91. The lowest BCUT2D eigenvalue weighted by Gasteiger charge is -2.33. The summed E-state index contributed by atoms with van der Waals surface area (Å²) in [6.07, 6.45) is 1.98. The minimum absolute atomic E-state index is 0.160. The molecule has 8 heteroatoms. The molecule has 0 radical (unpaired) electrons. The highest BCUT2D eigenvalue weighted by Crippen LogP contribution is 2.37. The number of hydrogen-bond acceptors (Lipinski definition) is 4. The van der Waals surface area contributed by atoms with Crippen LogP contribution in [0.5, 0.6) is 0 Å². The normalized spacial score (nSPS) is 18.1. The van der Waals surface area contributed by atoms with E-state index < -0.39 is 12.1 Å². The van der Waals surface area contributed by atoms with Gasteiger partial charge in [0.05, 0.1) is 30.5 Å². The molecule has 0 unspecified atom stereocenters. The second-order valence-corrected chi connectivity index (χ2v) is 8.98. The van der Waals surface area contributed by atoms with E-state index in [9.17, 15) is 14.4 Å². The lowest BCUT2D eigenvalue weighted by Crippen LogP contribution is -2.50. The van der Waals surface area contributed by atoms with Gasteiger partial charge in [-0.1, -0.05) is 66.2 Å². The molecule has 8 nitrogen and oxygen atoms in total. The summed E-state index contributed by atoms with van der Waals surface area (Å²) in [5.74, 6) is -0.516. The van der Waals surface area contributed by atoms with Crippen molar-refractivity contribution in [2.24, 2.45) is 0 Å². The van der Waals surface area contributed by atoms with Gasteiger partial charge in [0.15, 0.2) is 0 Å². The zero-order valence-electron chi connectivity index (χ0n) is 20.7. The fraction of sp³-hybridized carbons (Fsp3) is 0.321. The number of urea groups is 1. The molecule has 2 aromatic rings. The second kappa shape index (κ2) is 11.2. The quantitative estimate of drug-likeness (QED) is 0.398. The van der Waals surface area contributed by atoms with Crippen LogP contribution in [0.2, 0.25) is 0 Å². The van der Waals surface area contributed by atoms with Crippen molar-refractivity contribution in [2.45, 2.75) is 25.4 Å². The molecule has 0 fully saturated rings.